The normalized spacial score (nSPS) is 28.5. The van der Waals surface area contributed by atoms with Gasteiger partial charge in [-0.2, -0.15) is 9.97 Å². The Kier molecular flexibility index (Phi) is 6.54. The zero-order chi connectivity index (χ0) is 33.5. The number of anilines is 2. The van der Waals surface area contributed by atoms with E-state index >= 15 is 8.78 Å². The Morgan fingerprint density at radius 3 is 2.91 bits per heavy atom. The summed E-state index contributed by atoms with van der Waals surface area (Å²) in [7, 11) is 0. The number of halogens is 4. The number of nitrogens with two attached hydrogens (primary N) is 1. The highest BCUT2D eigenvalue weighted by atomic mass is 19.1. The molecule has 46 heavy (non-hydrogen) atoms. The van der Waals surface area contributed by atoms with Crippen LogP contribution in [0.2, 0.25) is 0 Å². The molecule has 0 unspecified atom stereocenters. The Morgan fingerprint density at radius 1 is 1.20 bits per heavy atom. The van der Waals surface area contributed by atoms with Gasteiger partial charge in [0.1, 0.15) is 32.5 Å². The highest BCUT2D eigenvalue weighted by molar-refractivity contribution is 6.04. The zero-order valence-corrected chi connectivity index (χ0v) is 25.1. The Hall–Kier alpha value is -3.97. The molecule has 4 aromatic rings. The predicted molar refractivity (Wildman–Crippen MR) is 164 cm³/mol. The van der Waals surface area contributed by atoms with Crippen molar-refractivity contribution in [2.45, 2.75) is 43.9 Å². The van der Waals surface area contributed by atoms with Gasteiger partial charge in [0, 0.05) is 41.8 Å². The van der Waals surface area contributed by atoms with Gasteiger partial charge in [-0.3, -0.25) is 9.88 Å². The lowest BCUT2D eigenvalue weighted by Crippen LogP contribution is -2.43. The van der Waals surface area contributed by atoms with E-state index in [1.54, 1.807) is 4.90 Å². The number of fused-ring (bicyclic) bond motifs is 4. The minimum absolute atomic E-state index is 0.0690. The van der Waals surface area contributed by atoms with E-state index in [0.29, 0.717) is 25.7 Å². The molecule has 4 aliphatic rings. The van der Waals surface area contributed by atoms with Gasteiger partial charge in [0.25, 0.3) is 0 Å². The summed E-state index contributed by atoms with van der Waals surface area (Å²) in [5.41, 5.74) is 5.58. The van der Waals surface area contributed by atoms with Crippen molar-refractivity contribution < 1.29 is 34.5 Å². The highest BCUT2D eigenvalue weighted by Gasteiger charge is 2.56. The second-order valence-electron chi connectivity index (χ2n) is 13.0. The van der Waals surface area contributed by atoms with E-state index in [4.69, 9.17) is 27.7 Å². The lowest BCUT2D eigenvalue weighted by atomic mass is 9.92. The minimum Gasteiger partial charge on any atom is -0.461 e. The summed E-state index contributed by atoms with van der Waals surface area (Å²) >= 11 is 0. The lowest BCUT2D eigenvalue weighted by Gasteiger charge is -2.31. The van der Waals surface area contributed by atoms with E-state index in [2.05, 4.69) is 21.8 Å². The van der Waals surface area contributed by atoms with E-state index in [0.717, 1.165) is 38.4 Å². The van der Waals surface area contributed by atoms with Crippen molar-refractivity contribution in [1.29, 1.82) is 0 Å². The molecule has 5 atom stereocenters. The van der Waals surface area contributed by atoms with Gasteiger partial charge >= 0.3 is 6.01 Å². The van der Waals surface area contributed by atoms with Gasteiger partial charge in [0.15, 0.2) is 17.4 Å². The Bertz CT molecular complexity index is 1930. The quantitative estimate of drug-likeness (QED) is 0.209. The molecule has 8 rings (SSSR count). The smallest absolute Gasteiger partial charge is 0.319 e. The first kappa shape index (κ1) is 27.2. The molecule has 0 bridgehead atoms. The molecule has 13 heteroatoms. The molecule has 3 saturated heterocycles. The maximum Gasteiger partial charge on any atom is 0.319 e. The first-order chi connectivity index (χ1) is 22.9. The van der Waals surface area contributed by atoms with E-state index < -0.39 is 36.4 Å². The molecule has 9 nitrogen and oxygen atoms in total. The average Bonchev–Trinajstić information content (AvgIpc) is 3.44. The standard InChI is InChI=1S/C33H34F4N6O3/c1-17-11-33(5-2-6-42(33)13-17)15-45-32-40-28-21(31(41-32)43-7-8-44-14-22-25(36)29(22)43)12-39-27(26(28)37)20-10-19(38)9-18-3-4-23(35)30(24(18)20)46-16-34/h3-4,9-10,12,17,22,25,29H,2,5-8,11,13-16,38H2,1H3/t17-,22+,25+,29+,33+/m1/s1/i16D2. The minimum atomic E-state index is -3.74. The van der Waals surface area contributed by atoms with E-state index in [1.807, 2.05) is 0 Å². The van der Waals surface area contributed by atoms with E-state index in [1.165, 1.54) is 24.4 Å². The van der Waals surface area contributed by atoms with Gasteiger partial charge in [-0.15, -0.1) is 0 Å². The fourth-order valence-electron chi connectivity index (χ4n) is 7.96. The van der Waals surface area contributed by atoms with Crippen LogP contribution in [0.3, 0.4) is 0 Å². The predicted octanol–water partition coefficient (Wildman–Crippen LogP) is 5.44. The van der Waals surface area contributed by atoms with Gasteiger partial charge in [-0.25, -0.2) is 17.6 Å². The molecule has 242 valence electrons. The van der Waals surface area contributed by atoms with Crippen molar-refractivity contribution in [3.05, 3.63) is 42.1 Å². The summed E-state index contributed by atoms with van der Waals surface area (Å²) in [5.74, 6) is -2.37. The van der Waals surface area contributed by atoms with Gasteiger partial charge in [-0.1, -0.05) is 13.0 Å². The third kappa shape index (κ3) is 4.69. The van der Waals surface area contributed by atoms with Crippen molar-refractivity contribution in [1.82, 2.24) is 19.9 Å². The first-order valence-electron chi connectivity index (χ1n) is 16.5. The van der Waals surface area contributed by atoms with Crippen LogP contribution in [0, 0.1) is 23.5 Å². The molecule has 1 aliphatic carbocycles. The summed E-state index contributed by atoms with van der Waals surface area (Å²) in [5, 5.41) is 0.307. The summed E-state index contributed by atoms with van der Waals surface area (Å²) in [4.78, 5) is 17.8. The number of hydrogen-bond acceptors (Lipinski definition) is 9. The number of rotatable bonds is 7. The molecule has 5 heterocycles. The maximum atomic E-state index is 16.9. The van der Waals surface area contributed by atoms with E-state index in [9.17, 15) is 8.78 Å². The summed E-state index contributed by atoms with van der Waals surface area (Å²) < 4.78 is 92.3. The van der Waals surface area contributed by atoms with Crippen molar-refractivity contribution >= 4 is 33.2 Å². The molecule has 1 saturated carbocycles. The fourth-order valence-corrected chi connectivity index (χ4v) is 7.96. The summed E-state index contributed by atoms with van der Waals surface area (Å²) in [6.45, 7) is 1.59. The van der Waals surface area contributed by atoms with Crippen LogP contribution in [0.25, 0.3) is 32.9 Å². The fraction of sp³-hybridized carbons (Fsp3) is 0.485. The number of nitrogens with zero attached hydrogens (tertiary/aromatic N) is 5. The van der Waals surface area contributed by atoms with Crippen LogP contribution < -0.4 is 20.1 Å². The van der Waals surface area contributed by atoms with Crippen LogP contribution in [-0.4, -0.2) is 83.9 Å². The molecule has 4 fully saturated rings. The SMILES string of the molecule is [2H]C([2H])(F)Oc1c(F)ccc2cc(N)cc(-c3ncc4c(N5CCOC[C@H]6[C@H](F)[C@H]65)nc(OC[C@@]56CCCN5C[C@H](C)C6)nc4c3F)c12. The largest absolute Gasteiger partial charge is 0.461 e. The number of aromatic nitrogens is 3. The molecular formula is C33H34F4N6O3. The second-order valence-corrected chi connectivity index (χ2v) is 13.0. The molecule has 2 aromatic carbocycles. The van der Waals surface area contributed by atoms with Crippen LogP contribution in [0.4, 0.5) is 29.1 Å². The average molecular weight is 641 g/mol. The number of alkyl halides is 2. The molecule has 0 amide bonds. The van der Waals surface area contributed by atoms with Gasteiger partial charge in [-0.05, 0) is 55.3 Å². The molecule has 0 radical (unpaired) electrons. The van der Waals surface area contributed by atoms with Crippen molar-refractivity contribution in [2.24, 2.45) is 11.8 Å². The number of benzene rings is 2. The Morgan fingerprint density at radius 2 is 2.07 bits per heavy atom. The topological polar surface area (TPSA) is 98.9 Å². The summed E-state index contributed by atoms with van der Waals surface area (Å²) in [6.07, 6.45) is 3.15. The lowest BCUT2D eigenvalue weighted by molar-refractivity contribution is 0.107. The number of ether oxygens (including phenoxy) is 3. The molecule has 0 spiro atoms. The van der Waals surface area contributed by atoms with Crippen LogP contribution in [0.1, 0.15) is 28.9 Å². The monoisotopic (exact) mass is 640 g/mol. The number of hydrogen-bond donors (Lipinski definition) is 1. The maximum absolute atomic E-state index is 16.9. The number of pyridine rings is 1. The molecule has 2 aromatic heterocycles. The molecule has 3 aliphatic heterocycles. The zero-order valence-electron chi connectivity index (χ0n) is 27.1. The summed E-state index contributed by atoms with van der Waals surface area (Å²) in [6, 6.07) is 4.49. The number of nitrogen functional groups attached to an aromatic ring is 1. The van der Waals surface area contributed by atoms with E-state index in [-0.39, 0.29) is 68.5 Å². The van der Waals surface area contributed by atoms with Crippen LogP contribution in [0.15, 0.2) is 30.5 Å². The highest BCUT2D eigenvalue weighted by Crippen LogP contribution is 2.46. The third-order valence-electron chi connectivity index (χ3n) is 10.0. The van der Waals surface area contributed by atoms with Gasteiger partial charge < -0.3 is 24.8 Å². The van der Waals surface area contributed by atoms with Crippen LogP contribution in [0.5, 0.6) is 11.8 Å². The Balaban J connectivity index is 1.29. The second kappa shape index (κ2) is 11.1. The Labute approximate surface area is 265 Å². The van der Waals surface area contributed by atoms with Crippen molar-refractivity contribution in [3.63, 3.8) is 0 Å². The molecule has 2 N–H and O–H groups in total. The van der Waals surface area contributed by atoms with Crippen molar-refractivity contribution in [3.8, 4) is 23.0 Å². The van der Waals surface area contributed by atoms with Crippen LogP contribution >= 0.6 is 0 Å². The molecular weight excluding hydrogens is 604 g/mol. The van der Waals surface area contributed by atoms with Crippen molar-refractivity contribution in [2.75, 3.05) is 56.9 Å². The first-order valence-corrected chi connectivity index (χ1v) is 15.5. The van der Waals surface area contributed by atoms with Crippen LogP contribution in [-0.2, 0) is 4.74 Å². The van der Waals surface area contributed by atoms with Gasteiger partial charge in [0.2, 0.25) is 6.81 Å². The van der Waals surface area contributed by atoms with Gasteiger partial charge in [0.05, 0.1) is 30.2 Å². The third-order valence-corrected chi connectivity index (χ3v) is 10.0.